The summed E-state index contributed by atoms with van der Waals surface area (Å²) in [5.74, 6) is 0. The fourth-order valence-corrected chi connectivity index (χ4v) is 5.47. The number of rotatable bonds is 6. The lowest BCUT2D eigenvalue weighted by molar-refractivity contribution is 0.519. The molecule has 4 aromatic rings. The van der Waals surface area contributed by atoms with Crippen LogP contribution in [0.5, 0.6) is 0 Å². The minimum absolute atomic E-state index is 0.138. The average molecular weight is 477 g/mol. The van der Waals surface area contributed by atoms with Gasteiger partial charge in [0, 0.05) is 9.89 Å². The van der Waals surface area contributed by atoms with Crippen LogP contribution in [0.1, 0.15) is 33.4 Å². The van der Waals surface area contributed by atoms with E-state index >= 15 is 0 Å². The number of hydrogen-bond donors (Lipinski definition) is 0. The van der Waals surface area contributed by atoms with Crippen LogP contribution in [0.2, 0.25) is 0 Å². The quantitative estimate of drug-likeness (QED) is 0.261. The van der Waals surface area contributed by atoms with Crippen LogP contribution < -0.4 is 0 Å². The molecular weight excluding hydrogens is 452 g/mol. The van der Waals surface area contributed by atoms with Crippen molar-refractivity contribution in [2.45, 2.75) is 18.3 Å². The SMILES string of the molecule is C=Cc1ccc(CC2(Cc3ccc(C=C)cc3)c3ccccc3-c3ccc(Br)cc32)cc1. The van der Waals surface area contributed by atoms with Crippen LogP contribution in [0, 0.1) is 0 Å². The van der Waals surface area contributed by atoms with Crippen molar-refractivity contribution in [2.75, 3.05) is 0 Å². The number of benzene rings is 4. The van der Waals surface area contributed by atoms with Gasteiger partial charge in [-0.15, -0.1) is 0 Å². The van der Waals surface area contributed by atoms with E-state index in [0.29, 0.717) is 0 Å². The Balaban J connectivity index is 1.71. The molecule has 0 amide bonds. The molecule has 0 atom stereocenters. The molecular formula is C31H25Br. The molecule has 4 aromatic carbocycles. The average Bonchev–Trinajstić information content (AvgIpc) is 3.09. The highest BCUT2D eigenvalue weighted by Gasteiger charge is 2.43. The first-order chi connectivity index (χ1) is 15.6. The highest BCUT2D eigenvalue weighted by Crippen LogP contribution is 2.52. The summed E-state index contributed by atoms with van der Waals surface area (Å²) in [7, 11) is 0. The van der Waals surface area contributed by atoms with E-state index in [0.717, 1.165) is 28.4 Å². The Morgan fingerprint density at radius 2 is 1.16 bits per heavy atom. The summed E-state index contributed by atoms with van der Waals surface area (Å²) in [6.45, 7) is 7.81. The zero-order valence-corrected chi connectivity index (χ0v) is 19.6. The molecule has 0 spiro atoms. The maximum absolute atomic E-state index is 3.90. The summed E-state index contributed by atoms with van der Waals surface area (Å²) in [6.07, 6.45) is 5.68. The lowest BCUT2D eigenvalue weighted by atomic mass is 9.69. The van der Waals surface area contributed by atoms with Gasteiger partial charge in [0.05, 0.1) is 0 Å². The Kier molecular flexibility index (Phi) is 5.45. The van der Waals surface area contributed by atoms with E-state index in [1.165, 1.54) is 33.4 Å². The van der Waals surface area contributed by atoms with Crippen LogP contribution >= 0.6 is 15.9 Å². The van der Waals surface area contributed by atoms with E-state index in [4.69, 9.17) is 0 Å². The second-order valence-electron chi connectivity index (χ2n) is 8.56. The second kappa shape index (κ2) is 8.41. The molecule has 0 aliphatic heterocycles. The normalized spacial score (nSPS) is 13.3. The fraction of sp³-hybridized carbons (Fsp3) is 0.0968. The standard InChI is InChI=1S/C31H25Br/c1-3-22-9-13-24(14-10-22)20-31(21-25-15-11-23(4-2)12-16-25)29-8-6-5-7-27(29)28-18-17-26(32)19-30(28)31/h3-19H,1-2,20-21H2. The van der Waals surface area contributed by atoms with Gasteiger partial charge in [-0.3, -0.25) is 0 Å². The first-order valence-corrected chi connectivity index (χ1v) is 11.7. The topological polar surface area (TPSA) is 0 Å². The molecule has 156 valence electrons. The summed E-state index contributed by atoms with van der Waals surface area (Å²) in [6, 6.07) is 33.3. The third kappa shape index (κ3) is 3.57. The Morgan fingerprint density at radius 3 is 1.72 bits per heavy atom. The number of fused-ring (bicyclic) bond motifs is 3. The Bertz CT molecular complexity index is 1240. The van der Waals surface area contributed by atoms with Crippen molar-refractivity contribution in [3.63, 3.8) is 0 Å². The zero-order valence-electron chi connectivity index (χ0n) is 18.0. The lowest BCUT2D eigenvalue weighted by Crippen LogP contribution is -2.31. The van der Waals surface area contributed by atoms with E-state index in [1.807, 2.05) is 12.2 Å². The van der Waals surface area contributed by atoms with Crippen molar-refractivity contribution in [2.24, 2.45) is 0 Å². The Labute approximate surface area is 199 Å². The molecule has 1 heteroatoms. The van der Waals surface area contributed by atoms with Crippen LogP contribution in [0.4, 0.5) is 0 Å². The predicted molar refractivity (Wildman–Crippen MR) is 141 cm³/mol. The molecule has 1 aliphatic carbocycles. The fourth-order valence-electron chi connectivity index (χ4n) is 5.11. The van der Waals surface area contributed by atoms with Gasteiger partial charge < -0.3 is 0 Å². The molecule has 0 fully saturated rings. The third-order valence-corrected chi connectivity index (χ3v) is 7.17. The molecule has 0 N–H and O–H groups in total. The van der Waals surface area contributed by atoms with Crippen molar-refractivity contribution in [1.29, 1.82) is 0 Å². The monoisotopic (exact) mass is 476 g/mol. The second-order valence-corrected chi connectivity index (χ2v) is 9.48. The highest BCUT2D eigenvalue weighted by atomic mass is 79.9. The lowest BCUT2D eigenvalue weighted by Gasteiger charge is -2.33. The minimum atomic E-state index is -0.138. The summed E-state index contributed by atoms with van der Waals surface area (Å²) in [5, 5.41) is 0. The van der Waals surface area contributed by atoms with Crippen LogP contribution in [-0.4, -0.2) is 0 Å². The third-order valence-electron chi connectivity index (χ3n) is 6.67. The molecule has 0 nitrogen and oxygen atoms in total. The van der Waals surface area contributed by atoms with E-state index in [9.17, 15) is 0 Å². The first-order valence-electron chi connectivity index (χ1n) is 11.0. The van der Waals surface area contributed by atoms with Crippen molar-refractivity contribution in [3.05, 3.63) is 142 Å². The molecule has 0 radical (unpaired) electrons. The van der Waals surface area contributed by atoms with Crippen molar-refractivity contribution in [1.82, 2.24) is 0 Å². The Hall–Kier alpha value is -3.16. The van der Waals surface area contributed by atoms with Gasteiger partial charge in [-0.25, -0.2) is 0 Å². The van der Waals surface area contributed by atoms with E-state index in [-0.39, 0.29) is 5.41 Å². The summed E-state index contributed by atoms with van der Waals surface area (Å²) < 4.78 is 1.12. The van der Waals surface area contributed by atoms with Gasteiger partial charge >= 0.3 is 0 Å². The predicted octanol–water partition coefficient (Wildman–Crippen LogP) is 8.49. The molecule has 1 aliphatic rings. The minimum Gasteiger partial charge on any atom is -0.0985 e. The summed E-state index contributed by atoms with van der Waals surface area (Å²) in [4.78, 5) is 0. The van der Waals surface area contributed by atoms with Gasteiger partial charge in [0.15, 0.2) is 0 Å². The van der Waals surface area contributed by atoms with Crippen LogP contribution in [-0.2, 0) is 18.3 Å². The van der Waals surface area contributed by atoms with E-state index in [2.05, 4.69) is 120 Å². The molecule has 32 heavy (non-hydrogen) atoms. The zero-order chi connectivity index (χ0) is 22.1. The maximum Gasteiger partial charge on any atom is 0.0296 e. The summed E-state index contributed by atoms with van der Waals surface area (Å²) in [5.41, 5.74) is 10.3. The van der Waals surface area contributed by atoms with Crippen molar-refractivity contribution in [3.8, 4) is 11.1 Å². The van der Waals surface area contributed by atoms with Gasteiger partial charge in [0.25, 0.3) is 0 Å². The van der Waals surface area contributed by atoms with Crippen molar-refractivity contribution < 1.29 is 0 Å². The van der Waals surface area contributed by atoms with Crippen LogP contribution in [0.3, 0.4) is 0 Å². The molecule has 0 unspecified atom stereocenters. The number of hydrogen-bond acceptors (Lipinski definition) is 0. The maximum atomic E-state index is 3.90. The van der Waals surface area contributed by atoms with Crippen LogP contribution in [0.25, 0.3) is 23.3 Å². The first kappa shape index (κ1) is 20.7. The van der Waals surface area contributed by atoms with Crippen LogP contribution in [0.15, 0.2) is 109 Å². The molecule has 0 saturated heterocycles. The smallest absolute Gasteiger partial charge is 0.0296 e. The van der Waals surface area contributed by atoms with Gasteiger partial charge in [0.2, 0.25) is 0 Å². The summed E-state index contributed by atoms with van der Waals surface area (Å²) >= 11 is 3.75. The molecule has 0 heterocycles. The molecule has 0 bridgehead atoms. The van der Waals surface area contributed by atoms with Gasteiger partial charge in [-0.05, 0) is 69.5 Å². The van der Waals surface area contributed by atoms with Gasteiger partial charge in [0.1, 0.15) is 0 Å². The number of halogens is 1. The van der Waals surface area contributed by atoms with E-state index < -0.39 is 0 Å². The van der Waals surface area contributed by atoms with E-state index in [1.54, 1.807) is 0 Å². The Morgan fingerprint density at radius 1 is 0.625 bits per heavy atom. The van der Waals surface area contributed by atoms with Gasteiger partial charge in [-0.2, -0.15) is 0 Å². The molecule has 5 rings (SSSR count). The largest absolute Gasteiger partial charge is 0.0985 e. The van der Waals surface area contributed by atoms with Gasteiger partial charge in [-0.1, -0.05) is 120 Å². The van der Waals surface area contributed by atoms with Crippen molar-refractivity contribution >= 4 is 28.1 Å². The molecule has 0 saturated carbocycles. The molecule has 0 aromatic heterocycles. The highest BCUT2D eigenvalue weighted by molar-refractivity contribution is 9.10.